The Balaban J connectivity index is 1.41. The van der Waals surface area contributed by atoms with Crippen molar-refractivity contribution in [2.45, 2.75) is 58.8 Å². The number of carbonyl (C=O) groups excluding carboxylic acids is 3. The van der Waals surface area contributed by atoms with Crippen LogP contribution >= 0.6 is 0 Å². The van der Waals surface area contributed by atoms with Gasteiger partial charge in [-0.3, -0.25) is 4.79 Å². The minimum atomic E-state index is -0.495. The van der Waals surface area contributed by atoms with Crippen molar-refractivity contribution in [3.8, 4) is 33.8 Å². The van der Waals surface area contributed by atoms with E-state index in [1.54, 1.807) is 6.92 Å². The van der Waals surface area contributed by atoms with Crippen LogP contribution in [0.25, 0.3) is 22.3 Å². The second-order valence-corrected chi connectivity index (χ2v) is 13.5. The zero-order valence-corrected chi connectivity index (χ0v) is 30.9. The van der Waals surface area contributed by atoms with Gasteiger partial charge in [-0.15, -0.1) is 0 Å². The molecule has 278 valence electrons. The molecule has 0 atom stereocenters. The maximum absolute atomic E-state index is 11.9. The molecule has 0 heterocycles. The first kappa shape index (κ1) is 39.9. The van der Waals surface area contributed by atoms with E-state index < -0.39 is 11.9 Å². The molecule has 0 radical (unpaired) electrons. The summed E-state index contributed by atoms with van der Waals surface area (Å²) in [4.78, 5) is 35.5. The van der Waals surface area contributed by atoms with Crippen LogP contribution in [-0.4, -0.2) is 64.7 Å². The van der Waals surface area contributed by atoms with Crippen molar-refractivity contribution in [3.63, 3.8) is 0 Å². The molecule has 0 aromatic heterocycles. The van der Waals surface area contributed by atoms with Crippen LogP contribution in [0.5, 0.6) is 11.5 Å². The fourth-order valence-electron chi connectivity index (χ4n) is 6.12. The number of rotatable bonds is 19. The van der Waals surface area contributed by atoms with E-state index in [0.717, 1.165) is 60.1 Å². The molecule has 9 heteroatoms. The first-order valence-corrected chi connectivity index (χ1v) is 18.0. The van der Waals surface area contributed by atoms with Crippen LogP contribution in [0.3, 0.4) is 0 Å². The predicted molar refractivity (Wildman–Crippen MR) is 201 cm³/mol. The third-order valence-electron chi connectivity index (χ3n) is 9.06. The highest BCUT2D eigenvalue weighted by Crippen LogP contribution is 2.42. The summed E-state index contributed by atoms with van der Waals surface area (Å²) in [7, 11) is 1.50. The van der Waals surface area contributed by atoms with Crippen LogP contribution in [0.15, 0.2) is 91.0 Å². The lowest BCUT2D eigenvalue weighted by Crippen LogP contribution is -2.18. The normalized spacial score (nSPS) is 15.4. The molecule has 0 saturated heterocycles. The van der Waals surface area contributed by atoms with Crippen molar-refractivity contribution in [3.05, 3.63) is 96.6 Å². The molecule has 0 aliphatic heterocycles. The molecule has 0 spiro atoms. The Bertz CT molecular complexity index is 1650. The van der Waals surface area contributed by atoms with Gasteiger partial charge in [-0.25, -0.2) is 9.59 Å². The summed E-state index contributed by atoms with van der Waals surface area (Å²) in [6.45, 7) is 13.9. The van der Waals surface area contributed by atoms with E-state index >= 15 is 0 Å². The van der Waals surface area contributed by atoms with Crippen LogP contribution < -0.4 is 9.47 Å². The molecular weight excluding hydrogens is 660 g/mol. The largest absolute Gasteiger partial charge is 0.490 e. The summed E-state index contributed by atoms with van der Waals surface area (Å²) in [5.41, 5.74) is 6.26. The van der Waals surface area contributed by atoms with Crippen molar-refractivity contribution >= 4 is 17.9 Å². The smallest absolute Gasteiger partial charge is 0.335 e. The lowest BCUT2D eigenvalue weighted by Gasteiger charge is -2.30. The fourth-order valence-corrected chi connectivity index (χ4v) is 6.12. The van der Waals surface area contributed by atoms with E-state index in [2.05, 4.69) is 49.6 Å². The Kier molecular flexibility index (Phi) is 15.5. The predicted octanol–water partition coefficient (Wildman–Crippen LogP) is 8.51. The summed E-state index contributed by atoms with van der Waals surface area (Å²) in [5, 5.41) is 0. The molecule has 0 unspecified atom stereocenters. The second kappa shape index (κ2) is 20.2. The average molecular weight is 713 g/mol. The average Bonchev–Trinajstić information content (AvgIpc) is 3.15. The maximum Gasteiger partial charge on any atom is 0.335 e. The standard InChI is InChI=1S/C43H52O9/c1-29(2)41(44)50-22-21-32-7-9-36(10-8-32)40-27-38(49-24-25-51-42(45)30(3)4)19-20-39(40)35-13-11-33(12-14-35)34-15-17-37(18-16-34)48-23-26-52-43(46)31(5)28-47-6/h11-20,27,29,32,36H,3,5,7-10,21-26,28H2,1-2,4,6H3. The number of esters is 3. The first-order valence-electron chi connectivity index (χ1n) is 18.0. The van der Waals surface area contributed by atoms with Crippen molar-refractivity contribution < 1.29 is 42.8 Å². The van der Waals surface area contributed by atoms with Gasteiger partial charge < -0.3 is 28.4 Å². The Hall–Kier alpha value is -4.89. The van der Waals surface area contributed by atoms with Gasteiger partial charge in [-0.05, 0) is 103 Å². The summed E-state index contributed by atoms with van der Waals surface area (Å²) in [6.07, 6.45) is 5.10. The van der Waals surface area contributed by atoms with E-state index in [1.165, 1.54) is 12.7 Å². The van der Waals surface area contributed by atoms with E-state index in [4.69, 9.17) is 28.4 Å². The van der Waals surface area contributed by atoms with E-state index in [-0.39, 0.29) is 50.5 Å². The molecule has 1 fully saturated rings. The highest BCUT2D eigenvalue weighted by atomic mass is 16.6. The molecule has 0 bridgehead atoms. The molecule has 3 aromatic carbocycles. The van der Waals surface area contributed by atoms with Gasteiger partial charge in [0.15, 0.2) is 0 Å². The van der Waals surface area contributed by atoms with Gasteiger partial charge in [-0.2, -0.15) is 0 Å². The Morgan fingerprint density at radius 2 is 1.25 bits per heavy atom. The topological polar surface area (TPSA) is 107 Å². The van der Waals surface area contributed by atoms with Crippen molar-refractivity contribution in [1.29, 1.82) is 0 Å². The van der Waals surface area contributed by atoms with Crippen LogP contribution in [0, 0.1) is 11.8 Å². The zero-order valence-electron chi connectivity index (χ0n) is 30.9. The van der Waals surface area contributed by atoms with Gasteiger partial charge in [0.25, 0.3) is 0 Å². The molecule has 1 aliphatic rings. The molecule has 1 saturated carbocycles. The minimum Gasteiger partial charge on any atom is -0.490 e. The summed E-state index contributed by atoms with van der Waals surface area (Å²) in [5.74, 6) is 1.13. The third kappa shape index (κ3) is 12.1. The molecule has 0 amide bonds. The van der Waals surface area contributed by atoms with Gasteiger partial charge >= 0.3 is 17.9 Å². The lowest BCUT2D eigenvalue weighted by atomic mass is 9.76. The van der Waals surface area contributed by atoms with Crippen LogP contribution in [0.2, 0.25) is 0 Å². The number of ether oxygens (including phenoxy) is 6. The Morgan fingerprint density at radius 1 is 0.692 bits per heavy atom. The fraction of sp³-hybridized carbons (Fsp3) is 0.419. The SMILES string of the molecule is C=C(C)C(=O)OCCOc1ccc(-c2ccc(-c3ccc(OCCOC(=O)C(=C)COC)cc3)cc2)c(C2CCC(CCOC(=O)C(C)C)CC2)c1. The number of benzene rings is 3. The van der Waals surface area contributed by atoms with E-state index in [1.807, 2.05) is 44.2 Å². The van der Waals surface area contributed by atoms with Crippen molar-refractivity contribution in [2.75, 3.05) is 46.8 Å². The van der Waals surface area contributed by atoms with Crippen LogP contribution in [0.4, 0.5) is 0 Å². The molecule has 9 nitrogen and oxygen atoms in total. The number of hydrogen-bond donors (Lipinski definition) is 0. The molecule has 0 N–H and O–H groups in total. The van der Waals surface area contributed by atoms with Crippen LogP contribution in [-0.2, 0) is 33.3 Å². The van der Waals surface area contributed by atoms with E-state index in [9.17, 15) is 14.4 Å². The number of methoxy groups -OCH3 is 1. The highest BCUT2D eigenvalue weighted by molar-refractivity contribution is 5.88. The zero-order chi connectivity index (χ0) is 37.5. The van der Waals surface area contributed by atoms with Gasteiger partial charge in [0.2, 0.25) is 0 Å². The summed E-state index contributed by atoms with van der Waals surface area (Å²) < 4.78 is 32.5. The molecule has 52 heavy (non-hydrogen) atoms. The number of hydrogen-bond acceptors (Lipinski definition) is 9. The van der Waals surface area contributed by atoms with Gasteiger partial charge in [0.1, 0.15) is 37.9 Å². The van der Waals surface area contributed by atoms with Crippen molar-refractivity contribution in [1.82, 2.24) is 0 Å². The summed E-state index contributed by atoms with van der Waals surface area (Å²) in [6, 6.07) is 22.6. The lowest BCUT2D eigenvalue weighted by molar-refractivity contribution is -0.147. The highest BCUT2D eigenvalue weighted by Gasteiger charge is 2.25. The van der Waals surface area contributed by atoms with E-state index in [0.29, 0.717) is 29.8 Å². The van der Waals surface area contributed by atoms with Crippen molar-refractivity contribution in [2.24, 2.45) is 11.8 Å². The Labute approximate surface area is 307 Å². The second-order valence-electron chi connectivity index (χ2n) is 13.5. The molecular formula is C43H52O9. The molecule has 4 rings (SSSR count). The molecule has 3 aromatic rings. The van der Waals surface area contributed by atoms with Gasteiger partial charge in [0.05, 0.1) is 24.7 Å². The third-order valence-corrected chi connectivity index (χ3v) is 9.06. The Morgan fingerprint density at radius 3 is 1.85 bits per heavy atom. The first-order chi connectivity index (χ1) is 25.0. The molecule has 1 aliphatic carbocycles. The summed E-state index contributed by atoms with van der Waals surface area (Å²) >= 11 is 0. The maximum atomic E-state index is 11.9. The quantitative estimate of drug-likeness (QED) is 0.0523. The van der Waals surface area contributed by atoms with Crippen LogP contribution in [0.1, 0.15) is 64.4 Å². The minimum absolute atomic E-state index is 0.111. The van der Waals surface area contributed by atoms with Gasteiger partial charge in [0, 0.05) is 12.7 Å². The van der Waals surface area contributed by atoms with Gasteiger partial charge in [-0.1, -0.05) is 69.5 Å². The monoisotopic (exact) mass is 712 g/mol. The number of carbonyl (C=O) groups is 3.